The van der Waals surface area contributed by atoms with Crippen LogP contribution in [-0.2, 0) is 7.05 Å². The Kier molecular flexibility index (Phi) is 4.16. The molecule has 2 heterocycles. The zero-order chi connectivity index (χ0) is 17.3. The highest BCUT2D eigenvalue weighted by molar-refractivity contribution is 6.04. The number of pyridine rings is 1. The van der Waals surface area contributed by atoms with Gasteiger partial charge in [-0.3, -0.25) is 14.5 Å². The van der Waals surface area contributed by atoms with E-state index in [0.29, 0.717) is 17.1 Å². The fraction of sp³-hybridized carbons (Fsp3) is 0.211. The van der Waals surface area contributed by atoms with E-state index in [-0.39, 0.29) is 5.91 Å². The van der Waals surface area contributed by atoms with Crippen molar-refractivity contribution in [3.8, 4) is 11.3 Å². The van der Waals surface area contributed by atoms with Gasteiger partial charge in [0.2, 0.25) is 0 Å². The SMILES string of the molecule is Cc1ccc(-c2ccc(C(=O)Nc3cc(C)n(C)n3)c(C)n2)cc1. The molecule has 1 amide bonds. The minimum Gasteiger partial charge on any atom is -0.305 e. The average Bonchev–Trinajstić information content (AvgIpc) is 2.85. The van der Waals surface area contributed by atoms with Gasteiger partial charge in [0.15, 0.2) is 5.82 Å². The lowest BCUT2D eigenvalue weighted by atomic mass is 10.1. The Labute approximate surface area is 141 Å². The van der Waals surface area contributed by atoms with Gasteiger partial charge in [0.25, 0.3) is 5.91 Å². The maximum absolute atomic E-state index is 12.4. The van der Waals surface area contributed by atoms with Gasteiger partial charge in [-0.2, -0.15) is 5.10 Å². The van der Waals surface area contributed by atoms with Crippen molar-refractivity contribution in [3.63, 3.8) is 0 Å². The van der Waals surface area contributed by atoms with Crippen molar-refractivity contribution in [2.24, 2.45) is 7.05 Å². The number of carbonyl (C=O) groups is 1. The van der Waals surface area contributed by atoms with Crippen molar-refractivity contribution < 1.29 is 4.79 Å². The lowest BCUT2D eigenvalue weighted by Crippen LogP contribution is -2.14. The summed E-state index contributed by atoms with van der Waals surface area (Å²) in [6.07, 6.45) is 0. The lowest BCUT2D eigenvalue weighted by molar-refractivity contribution is 0.102. The molecule has 3 aromatic rings. The molecule has 0 saturated heterocycles. The van der Waals surface area contributed by atoms with Crippen LogP contribution in [0.15, 0.2) is 42.5 Å². The summed E-state index contributed by atoms with van der Waals surface area (Å²) in [5, 5.41) is 7.06. The van der Waals surface area contributed by atoms with E-state index in [1.54, 1.807) is 4.68 Å². The standard InChI is InChI=1S/C19H20N4O/c1-12-5-7-15(8-6-12)17-10-9-16(14(3)20-17)19(24)21-18-11-13(2)23(4)22-18/h5-11H,1-4H3,(H,21,22,24). The molecule has 0 aliphatic heterocycles. The van der Waals surface area contributed by atoms with Crippen LogP contribution in [0.3, 0.4) is 0 Å². The minimum atomic E-state index is -0.200. The largest absolute Gasteiger partial charge is 0.305 e. The quantitative estimate of drug-likeness (QED) is 0.801. The van der Waals surface area contributed by atoms with Gasteiger partial charge >= 0.3 is 0 Å². The molecule has 1 aromatic carbocycles. The summed E-state index contributed by atoms with van der Waals surface area (Å²) in [4.78, 5) is 17.0. The number of benzene rings is 1. The maximum atomic E-state index is 12.4. The van der Waals surface area contributed by atoms with Crippen molar-refractivity contribution in [1.82, 2.24) is 14.8 Å². The van der Waals surface area contributed by atoms with Gasteiger partial charge in [0, 0.05) is 24.4 Å². The highest BCUT2D eigenvalue weighted by Crippen LogP contribution is 2.20. The van der Waals surface area contributed by atoms with E-state index >= 15 is 0 Å². The number of nitrogens with zero attached hydrogens (tertiary/aromatic N) is 3. The van der Waals surface area contributed by atoms with Gasteiger partial charge in [-0.05, 0) is 32.9 Å². The molecule has 0 radical (unpaired) electrons. The highest BCUT2D eigenvalue weighted by atomic mass is 16.1. The third kappa shape index (κ3) is 3.20. The lowest BCUT2D eigenvalue weighted by Gasteiger charge is -2.08. The molecule has 0 aliphatic rings. The molecule has 0 bridgehead atoms. The Hall–Kier alpha value is -2.95. The van der Waals surface area contributed by atoms with Crippen LogP contribution in [0.4, 0.5) is 5.82 Å². The van der Waals surface area contributed by atoms with Crippen LogP contribution in [0.5, 0.6) is 0 Å². The van der Waals surface area contributed by atoms with Gasteiger partial charge in [-0.25, -0.2) is 0 Å². The first-order valence-electron chi connectivity index (χ1n) is 7.81. The second-order valence-electron chi connectivity index (χ2n) is 5.94. The number of anilines is 1. The van der Waals surface area contributed by atoms with Crippen molar-refractivity contribution >= 4 is 11.7 Å². The molecule has 0 fully saturated rings. The van der Waals surface area contributed by atoms with E-state index in [0.717, 1.165) is 17.0 Å². The molecule has 0 atom stereocenters. The smallest absolute Gasteiger partial charge is 0.258 e. The number of nitrogens with one attached hydrogen (secondary N) is 1. The monoisotopic (exact) mass is 320 g/mol. The van der Waals surface area contributed by atoms with Crippen LogP contribution < -0.4 is 5.32 Å². The van der Waals surface area contributed by atoms with Crippen molar-refractivity contribution in [3.05, 3.63) is 65.0 Å². The molecule has 0 aliphatic carbocycles. The van der Waals surface area contributed by atoms with Crippen molar-refractivity contribution in [2.75, 3.05) is 5.32 Å². The molecular formula is C19H20N4O. The highest BCUT2D eigenvalue weighted by Gasteiger charge is 2.13. The number of amides is 1. The van der Waals surface area contributed by atoms with Crippen LogP contribution in [0.2, 0.25) is 0 Å². The number of aromatic nitrogens is 3. The van der Waals surface area contributed by atoms with Gasteiger partial charge in [0.05, 0.1) is 17.0 Å². The molecule has 5 heteroatoms. The Morgan fingerprint density at radius 2 is 1.75 bits per heavy atom. The zero-order valence-corrected chi connectivity index (χ0v) is 14.3. The number of carbonyl (C=O) groups excluding carboxylic acids is 1. The Bertz CT molecular complexity index is 875. The first-order valence-corrected chi connectivity index (χ1v) is 7.81. The zero-order valence-electron chi connectivity index (χ0n) is 14.3. The van der Waals surface area contributed by atoms with E-state index in [4.69, 9.17) is 0 Å². The first-order chi connectivity index (χ1) is 11.4. The number of aryl methyl sites for hydroxylation is 4. The predicted molar refractivity (Wildman–Crippen MR) is 95.0 cm³/mol. The summed E-state index contributed by atoms with van der Waals surface area (Å²) in [7, 11) is 1.84. The predicted octanol–water partition coefficient (Wildman–Crippen LogP) is 3.66. The van der Waals surface area contributed by atoms with Crippen LogP contribution in [0.25, 0.3) is 11.3 Å². The molecule has 5 nitrogen and oxygen atoms in total. The van der Waals surface area contributed by atoms with E-state index in [1.807, 2.05) is 51.2 Å². The van der Waals surface area contributed by atoms with E-state index < -0.39 is 0 Å². The number of rotatable bonds is 3. The van der Waals surface area contributed by atoms with E-state index in [2.05, 4.69) is 34.5 Å². The van der Waals surface area contributed by atoms with E-state index in [1.165, 1.54) is 5.56 Å². The average molecular weight is 320 g/mol. The maximum Gasteiger partial charge on any atom is 0.258 e. The Morgan fingerprint density at radius 3 is 2.33 bits per heavy atom. The summed E-state index contributed by atoms with van der Waals surface area (Å²) in [6.45, 7) is 5.83. The summed E-state index contributed by atoms with van der Waals surface area (Å²) in [5.74, 6) is 0.343. The second kappa shape index (κ2) is 6.28. The molecule has 1 N–H and O–H groups in total. The molecule has 122 valence electrons. The van der Waals surface area contributed by atoms with Gasteiger partial charge in [-0.15, -0.1) is 0 Å². The summed E-state index contributed by atoms with van der Waals surface area (Å²) >= 11 is 0. The topological polar surface area (TPSA) is 59.8 Å². The summed E-state index contributed by atoms with van der Waals surface area (Å²) in [5.41, 5.74) is 5.33. The second-order valence-corrected chi connectivity index (χ2v) is 5.94. The van der Waals surface area contributed by atoms with E-state index in [9.17, 15) is 4.79 Å². The molecule has 2 aromatic heterocycles. The summed E-state index contributed by atoms with van der Waals surface area (Å²) < 4.78 is 1.72. The molecule has 3 rings (SSSR count). The third-order valence-corrected chi connectivity index (χ3v) is 4.03. The Morgan fingerprint density at radius 1 is 1.04 bits per heavy atom. The van der Waals surface area contributed by atoms with Gasteiger partial charge in [0.1, 0.15) is 0 Å². The molecule has 0 unspecified atom stereocenters. The van der Waals surface area contributed by atoms with Gasteiger partial charge in [-0.1, -0.05) is 29.8 Å². The molecule has 0 saturated carbocycles. The first kappa shape index (κ1) is 15.9. The number of hydrogen-bond donors (Lipinski definition) is 1. The fourth-order valence-corrected chi connectivity index (χ4v) is 2.49. The Balaban J connectivity index is 1.83. The normalized spacial score (nSPS) is 10.7. The third-order valence-electron chi connectivity index (χ3n) is 4.03. The van der Waals surface area contributed by atoms with Crippen LogP contribution in [0.1, 0.15) is 27.3 Å². The van der Waals surface area contributed by atoms with Crippen LogP contribution in [-0.4, -0.2) is 20.7 Å². The minimum absolute atomic E-state index is 0.200. The number of hydrogen-bond acceptors (Lipinski definition) is 3. The van der Waals surface area contributed by atoms with Crippen LogP contribution >= 0.6 is 0 Å². The molecule has 0 spiro atoms. The van der Waals surface area contributed by atoms with Crippen LogP contribution in [0, 0.1) is 20.8 Å². The van der Waals surface area contributed by atoms with Gasteiger partial charge < -0.3 is 5.32 Å². The summed E-state index contributed by atoms with van der Waals surface area (Å²) in [6, 6.07) is 13.7. The fourth-order valence-electron chi connectivity index (χ4n) is 2.49. The van der Waals surface area contributed by atoms with Crippen molar-refractivity contribution in [2.45, 2.75) is 20.8 Å². The molecular weight excluding hydrogens is 300 g/mol. The van der Waals surface area contributed by atoms with Crippen molar-refractivity contribution in [1.29, 1.82) is 0 Å². The molecule has 24 heavy (non-hydrogen) atoms.